The Bertz CT molecular complexity index is 1170. The van der Waals surface area contributed by atoms with Gasteiger partial charge in [0, 0.05) is 11.8 Å². The van der Waals surface area contributed by atoms with Crippen LogP contribution < -0.4 is 20.1 Å². The average molecular weight is 431 g/mol. The molecule has 0 aliphatic rings. The van der Waals surface area contributed by atoms with Gasteiger partial charge in [0.1, 0.15) is 0 Å². The number of para-hydroxylation sites is 1. The summed E-state index contributed by atoms with van der Waals surface area (Å²) >= 11 is 0. The topological polar surface area (TPSA) is 76.7 Å². The van der Waals surface area contributed by atoms with Gasteiger partial charge in [0.2, 0.25) is 5.91 Å². The molecule has 3 rings (SSSR count). The quantitative estimate of drug-likeness (QED) is 0.504. The number of aryl methyl sites for hydroxylation is 2. The van der Waals surface area contributed by atoms with Gasteiger partial charge in [0.05, 0.1) is 25.5 Å². The highest BCUT2D eigenvalue weighted by atomic mass is 16.5. The first-order chi connectivity index (χ1) is 15.4. The molecule has 3 aromatic carbocycles. The molecule has 0 fully saturated rings. The Morgan fingerprint density at radius 1 is 0.812 bits per heavy atom. The number of nitrogens with one attached hydrogen (secondary N) is 2. The van der Waals surface area contributed by atoms with Gasteiger partial charge in [0.15, 0.2) is 11.5 Å². The van der Waals surface area contributed by atoms with E-state index in [0.717, 1.165) is 16.7 Å². The van der Waals surface area contributed by atoms with Crippen LogP contribution in [0.4, 0.5) is 11.4 Å². The van der Waals surface area contributed by atoms with E-state index in [2.05, 4.69) is 10.6 Å². The lowest BCUT2D eigenvalue weighted by Crippen LogP contribution is -2.17. The van der Waals surface area contributed by atoms with E-state index in [1.54, 1.807) is 56.7 Å². The van der Waals surface area contributed by atoms with Crippen molar-refractivity contribution >= 4 is 29.3 Å². The minimum absolute atomic E-state index is 0.298. The Labute approximate surface area is 187 Å². The Kier molecular flexibility index (Phi) is 7.29. The molecule has 2 N–H and O–H groups in total. The molecule has 0 aromatic heterocycles. The summed E-state index contributed by atoms with van der Waals surface area (Å²) in [6, 6.07) is 18.0. The Hall–Kier alpha value is -4.06. The molecular formula is C26H26N2O4. The van der Waals surface area contributed by atoms with E-state index in [1.807, 2.05) is 38.1 Å². The van der Waals surface area contributed by atoms with E-state index in [1.165, 1.54) is 6.08 Å². The number of carbonyl (C=O) groups is 2. The minimum Gasteiger partial charge on any atom is -0.493 e. The monoisotopic (exact) mass is 430 g/mol. The molecule has 32 heavy (non-hydrogen) atoms. The van der Waals surface area contributed by atoms with Crippen molar-refractivity contribution in [2.45, 2.75) is 13.8 Å². The Morgan fingerprint density at radius 3 is 2.28 bits per heavy atom. The van der Waals surface area contributed by atoms with Gasteiger partial charge in [-0.1, -0.05) is 24.3 Å². The fraction of sp³-hybridized carbons (Fsp3) is 0.154. The molecule has 0 radical (unpaired) electrons. The maximum absolute atomic E-state index is 12.8. The summed E-state index contributed by atoms with van der Waals surface area (Å²) in [6.45, 7) is 4.01. The molecule has 0 aliphatic heterocycles. The number of hydrogen-bond acceptors (Lipinski definition) is 4. The van der Waals surface area contributed by atoms with Gasteiger partial charge in [-0.2, -0.15) is 0 Å². The fourth-order valence-electron chi connectivity index (χ4n) is 3.11. The van der Waals surface area contributed by atoms with E-state index >= 15 is 0 Å². The van der Waals surface area contributed by atoms with Crippen LogP contribution in [0.25, 0.3) is 6.08 Å². The van der Waals surface area contributed by atoms with Crippen LogP contribution in [-0.4, -0.2) is 26.0 Å². The van der Waals surface area contributed by atoms with Crippen molar-refractivity contribution in [3.8, 4) is 11.5 Å². The van der Waals surface area contributed by atoms with E-state index in [9.17, 15) is 9.59 Å². The van der Waals surface area contributed by atoms with Gasteiger partial charge in [0.25, 0.3) is 5.91 Å². The SMILES string of the molecule is COc1ccc(/C=C/C(=O)Nc2ccccc2C(=O)Nc2ccc(C)c(C)c2)cc1OC. The van der Waals surface area contributed by atoms with Gasteiger partial charge in [-0.05, 0) is 73.0 Å². The van der Waals surface area contributed by atoms with Crippen LogP contribution in [-0.2, 0) is 4.79 Å². The summed E-state index contributed by atoms with van der Waals surface area (Å²) in [5, 5.41) is 5.66. The van der Waals surface area contributed by atoms with E-state index in [0.29, 0.717) is 28.4 Å². The Balaban J connectivity index is 1.72. The van der Waals surface area contributed by atoms with Gasteiger partial charge >= 0.3 is 0 Å². The molecule has 6 nitrogen and oxygen atoms in total. The zero-order chi connectivity index (χ0) is 23.1. The highest BCUT2D eigenvalue weighted by Crippen LogP contribution is 2.28. The predicted molar refractivity (Wildman–Crippen MR) is 128 cm³/mol. The third kappa shape index (κ3) is 5.55. The highest BCUT2D eigenvalue weighted by molar-refractivity contribution is 6.11. The predicted octanol–water partition coefficient (Wildman–Crippen LogP) is 5.22. The summed E-state index contributed by atoms with van der Waals surface area (Å²) in [6.07, 6.45) is 3.06. The second kappa shape index (κ2) is 10.3. The molecule has 0 bridgehead atoms. The van der Waals surface area contributed by atoms with Crippen molar-refractivity contribution in [3.63, 3.8) is 0 Å². The zero-order valence-electron chi connectivity index (χ0n) is 18.6. The number of hydrogen-bond donors (Lipinski definition) is 2. The van der Waals surface area contributed by atoms with Gasteiger partial charge < -0.3 is 20.1 Å². The third-order valence-electron chi connectivity index (χ3n) is 5.03. The number of ether oxygens (including phenoxy) is 2. The molecule has 0 unspecified atom stereocenters. The second-order valence-corrected chi connectivity index (χ2v) is 7.24. The van der Waals surface area contributed by atoms with Crippen LogP contribution in [0.5, 0.6) is 11.5 Å². The smallest absolute Gasteiger partial charge is 0.257 e. The van der Waals surface area contributed by atoms with Crippen molar-refractivity contribution in [2.24, 2.45) is 0 Å². The molecule has 0 spiro atoms. The highest BCUT2D eigenvalue weighted by Gasteiger charge is 2.13. The zero-order valence-corrected chi connectivity index (χ0v) is 18.6. The molecular weight excluding hydrogens is 404 g/mol. The van der Waals surface area contributed by atoms with Crippen molar-refractivity contribution in [3.05, 3.63) is 89.0 Å². The maximum Gasteiger partial charge on any atom is 0.257 e. The summed E-state index contributed by atoms with van der Waals surface area (Å²) in [5.41, 5.74) is 4.52. The lowest BCUT2D eigenvalue weighted by molar-refractivity contribution is -0.111. The first-order valence-electron chi connectivity index (χ1n) is 10.1. The number of rotatable bonds is 7. The molecule has 0 aliphatic carbocycles. The van der Waals surface area contributed by atoms with Crippen molar-refractivity contribution in [1.29, 1.82) is 0 Å². The first kappa shape index (κ1) is 22.6. The molecule has 0 saturated carbocycles. The largest absolute Gasteiger partial charge is 0.493 e. The van der Waals surface area contributed by atoms with E-state index < -0.39 is 0 Å². The molecule has 6 heteroatoms. The average Bonchev–Trinajstić information content (AvgIpc) is 2.80. The van der Waals surface area contributed by atoms with Crippen LogP contribution in [0.1, 0.15) is 27.0 Å². The lowest BCUT2D eigenvalue weighted by atomic mass is 10.1. The first-order valence-corrected chi connectivity index (χ1v) is 10.1. The van der Waals surface area contributed by atoms with Gasteiger partial charge in [-0.15, -0.1) is 0 Å². The molecule has 3 aromatic rings. The normalized spacial score (nSPS) is 10.6. The molecule has 164 valence electrons. The summed E-state index contributed by atoms with van der Waals surface area (Å²) in [4.78, 5) is 25.3. The van der Waals surface area contributed by atoms with Crippen LogP contribution in [0, 0.1) is 13.8 Å². The Morgan fingerprint density at radius 2 is 1.56 bits per heavy atom. The van der Waals surface area contributed by atoms with Crippen molar-refractivity contribution in [2.75, 3.05) is 24.9 Å². The molecule has 2 amide bonds. The number of carbonyl (C=O) groups excluding carboxylic acids is 2. The van der Waals surface area contributed by atoms with Crippen molar-refractivity contribution < 1.29 is 19.1 Å². The fourth-order valence-corrected chi connectivity index (χ4v) is 3.11. The standard InChI is InChI=1S/C26H26N2O4/c1-17-9-12-20(15-18(17)2)27-26(30)21-7-5-6-8-22(21)28-25(29)14-11-19-10-13-23(31-3)24(16-19)32-4/h5-16H,1-4H3,(H,27,30)(H,28,29)/b14-11+. The summed E-state index contributed by atoms with van der Waals surface area (Å²) in [7, 11) is 3.12. The van der Waals surface area contributed by atoms with E-state index in [4.69, 9.17) is 9.47 Å². The lowest BCUT2D eigenvalue weighted by Gasteiger charge is -2.11. The van der Waals surface area contributed by atoms with Crippen LogP contribution in [0.2, 0.25) is 0 Å². The van der Waals surface area contributed by atoms with Gasteiger partial charge in [-0.3, -0.25) is 9.59 Å². The number of benzene rings is 3. The molecule has 0 heterocycles. The van der Waals surface area contributed by atoms with Gasteiger partial charge in [-0.25, -0.2) is 0 Å². The van der Waals surface area contributed by atoms with Crippen LogP contribution in [0.3, 0.4) is 0 Å². The summed E-state index contributed by atoms with van der Waals surface area (Å²) < 4.78 is 10.5. The minimum atomic E-state index is -0.355. The molecule has 0 saturated heterocycles. The number of methoxy groups -OCH3 is 2. The maximum atomic E-state index is 12.8. The number of amides is 2. The van der Waals surface area contributed by atoms with Crippen molar-refractivity contribution in [1.82, 2.24) is 0 Å². The van der Waals surface area contributed by atoms with Crippen LogP contribution >= 0.6 is 0 Å². The second-order valence-electron chi connectivity index (χ2n) is 7.24. The molecule has 0 atom stereocenters. The third-order valence-corrected chi connectivity index (χ3v) is 5.03. The number of anilines is 2. The summed E-state index contributed by atoms with van der Waals surface area (Å²) in [5.74, 6) is 0.528. The van der Waals surface area contributed by atoms with E-state index in [-0.39, 0.29) is 11.8 Å². The van der Waals surface area contributed by atoms with Crippen LogP contribution in [0.15, 0.2) is 66.7 Å².